The van der Waals surface area contributed by atoms with Crippen molar-refractivity contribution in [1.82, 2.24) is 10.2 Å². The molecule has 1 aromatic rings. The zero-order valence-electron chi connectivity index (χ0n) is 19.3. The molecule has 1 aliphatic rings. The minimum atomic E-state index is -0.577. The van der Waals surface area contributed by atoms with Gasteiger partial charge in [0.25, 0.3) is 0 Å². The molecule has 0 bridgehead atoms. The summed E-state index contributed by atoms with van der Waals surface area (Å²) in [6, 6.07) is 9.29. The lowest BCUT2D eigenvalue weighted by Gasteiger charge is -2.32. The molecule has 0 spiro atoms. The summed E-state index contributed by atoms with van der Waals surface area (Å²) in [6.07, 6.45) is 9.49. The molecule has 176 valence electrons. The first-order valence-corrected chi connectivity index (χ1v) is 12.1. The minimum Gasteiger partial charge on any atom is -0.445 e. The zero-order valence-corrected chi connectivity index (χ0v) is 19.3. The van der Waals surface area contributed by atoms with Gasteiger partial charge in [0.1, 0.15) is 6.61 Å². The molecule has 6 nitrogen and oxygen atoms in total. The van der Waals surface area contributed by atoms with Gasteiger partial charge in [-0.15, -0.1) is 0 Å². The summed E-state index contributed by atoms with van der Waals surface area (Å²) >= 11 is 0. The van der Waals surface area contributed by atoms with Crippen LogP contribution in [0.25, 0.3) is 0 Å². The Labute approximate surface area is 188 Å². The number of alkyl carbamates (subject to hydrolysis) is 1. The van der Waals surface area contributed by atoms with Gasteiger partial charge in [0.05, 0.1) is 25.4 Å². The second kappa shape index (κ2) is 16.1. The van der Waals surface area contributed by atoms with Gasteiger partial charge >= 0.3 is 6.09 Å². The van der Waals surface area contributed by atoms with E-state index in [2.05, 4.69) is 17.1 Å². The summed E-state index contributed by atoms with van der Waals surface area (Å²) in [5.41, 5.74) is 0.946. The van der Waals surface area contributed by atoms with Crippen LogP contribution in [0.2, 0.25) is 0 Å². The van der Waals surface area contributed by atoms with Crippen molar-refractivity contribution in [2.24, 2.45) is 0 Å². The second-order valence-corrected chi connectivity index (χ2v) is 8.56. The van der Waals surface area contributed by atoms with Crippen LogP contribution in [0.15, 0.2) is 30.3 Å². The maximum Gasteiger partial charge on any atom is 0.407 e. The van der Waals surface area contributed by atoms with Gasteiger partial charge in [0.15, 0.2) is 0 Å². The summed E-state index contributed by atoms with van der Waals surface area (Å²) in [7, 11) is 0. The molecule has 1 amide bonds. The molecule has 1 fully saturated rings. The average Bonchev–Trinajstić information content (AvgIpc) is 2.80. The molecule has 1 aliphatic heterocycles. The molecule has 0 aromatic heterocycles. The van der Waals surface area contributed by atoms with Crippen molar-refractivity contribution in [3.8, 4) is 0 Å². The van der Waals surface area contributed by atoms with Crippen LogP contribution in [0, 0.1) is 0 Å². The number of hydrogen-bond donors (Lipinski definition) is 2. The van der Waals surface area contributed by atoms with E-state index in [4.69, 9.17) is 9.47 Å². The van der Waals surface area contributed by atoms with Gasteiger partial charge in [-0.2, -0.15) is 0 Å². The van der Waals surface area contributed by atoms with E-state index < -0.39 is 12.2 Å². The number of ether oxygens (including phenoxy) is 2. The highest BCUT2D eigenvalue weighted by Gasteiger charge is 2.25. The zero-order chi connectivity index (χ0) is 22.2. The standard InChI is InChI=1S/C25H42N2O4/c1-2-3-4-5-6-7-8-12-15-24(28)23(20-27-16-18-30-19-17-27)26-25(29)31-21-22-13-10-9-11-14-22/h9-11,13-14,23-24,28H,2-8,12,15-21H2,1H3,(H,26,29)/t23-,24-/m0/s1. The van der Waals surface area contributed by atoms with E-state index >= 15 is 0 Å². The van der Waals surface area contributed by atoms with Gasteiger partial charge < -0.3 is 19.9 Å². The highest BCUT2D eigenvalue weighted by Crippen LogP contribution is 2.13. The summed E-state index contributed by atoms with van der Waals surface area (Å²) in [6.45, 7) is 6.11. The van der Waals surface area contributed by atoms with Crippen LogP contribution in [-0.2, 0) is 16.1 Å². The van der Waals surface area contributed by atoms with Crippen LogP contribution in [0.1, 0.15) is 70.3 Å². The Hall–Kier alpha value is -1.63. The summed E-state index contributed by atoms with van der Waals surface area (Å²) in [5, 5.41) is 13.7. The molecule has 0 aliphatic carbocycles. The monoisotopic (exact) mass is 434 g/mol. The SMILES string of the molecule is CCCCCCCCCC[C@H](O)[C@H](CN1CCOCC1)NC(=O)OCc1ccccc1. The van der Waals surface area contributed by atoms with E-state index in [1.165, 1.54) is 38.5 Å². The fraction of sp³-hybridized carbons (Fsp3) is 0.720. The molecule has 2 atom stereocenters. The predicted octanol–water partition coefficient (Wildman–Crippen LogP) is 4.51. The molecular formula is C25H42N2O4. The Balaban J connectivity index is 1.74. The largest absolute Gasteiger partial charge is 0.445 e. The third-order valence-electron chi connectivity index (χ3n) is 5.89. The third-order valence-corrected chi connectivity index (χ3v) is 5.89. The highest BCUT2D eigenvalue weighted by molar-refractivity contribution is 5.67. The van der Waals surface area contributed by atoms with Gasteiger partial charge in [-0.05, 0) is 12.0 Å². The smallest absolute Gasteiger partial charge is 0.407 e. The quantitative estimate of drug-likeness (QED) is 0.398. The van der Waals surface area contributed by atoms with Gasteiger partial charge in [-0.3, -0.25) is 4.90 Å². The third kappa shape index (κ3) is 11.5. The maximum atomic E-state index is 12.4. The maximum absolute atomic E-state index is 12.4. The predicted molar refractivity (Wildman–Crippen MR) is 124 cm³/mol. The summed E-state index contributed by atoms with van der Waals surface area (Å²) in [4.78, 5) is 14.6. The fourth-order valence-electron chi connectivity index (χ4n) is 3.93. The fourth-order valence-corrected chi connectivity index (χ4v) is 3.93. The van der Waals surface area contributed by atoms with Crippen molar-refractivity contribution < 1.29 is 19.4 Å². The van der Waals surface area contributed by atoms with Crippen LogP contribution in [-0.4, -0.2) is 61.1 Å². The Morgan fingerprint density at radius 2 is 1.71 bits per heavy atom. The number of nitrogens with one attached hydrogen (secondary N) is 1. The van der Waals surface area contributed by atoms with Gasteiger partial charge in [0, 0.05) is 19.6 Å². The minimum absolute atomic E-state index is 0.227. The Morgan fingerprint density at radius 1 is 1.06 bits per heavy atom. The van der Waals surface area contributed by atoms with Crippen molar-refractivity contribution in [2.75, 3.05) is 32.8 Å². The average molecular weight is 435 g/mol. The molecule has 1 saturated heterocycles. The van der Waals surface area contributed by atoms with Crippen LogP contribution in [0.3, 0.4) is 0 Å². The Bertz CT molecular complexity index is 578. The number of rotatable bonds is 15. The molecule has 1 aromatic carbocycles. The number of carbonyl (C=O) groups is 1. The summed E-state index contributed by atoms with van der Waals surface area (Å²) in [5.74, 6) is 0. The number of unbranched alkanes of at least 4 members (excludes halogenated alkanes) is 7. The number of amides is 1. The molecule has 0 saturated carbocycles. The number of aliphatic hydroxyl groups is 1. The molecule has 1 heterocycles. The summed E-state index contributed by atoms with van der Waals surface area (Å²) < 4.78 is 10.8. The lowest BCUT2D eigenvalue weighted by molar-refractivity contribution is 0.0182. The van der Waals surface area contributed by atoms with Crippen molar-refractivity contribution in [2.45, 2.75) is 83.5 Å². The molecule has 31 heavy (non-hydrogen) atoms. The van der Waals surface area contributed by atoms with E-state index in [-0.39, 0.29) is 12.6 Å². The highest BCUT2D eigenvalue weighted by atomic mass is 16.5. The van der Waals surface area contributed by atoms with Crippen molar-refractivity contribution in [1.29, 1.82) is 0 Å². The first-order valence-electron chi connectivity index (χ1n) is 12.1. The Morgan fingerprint density at radius 3 is 2.39 bits per heavy atom. The number of morpholine rings is 1. The number of benzene rings is 1. The van der Waals surface area contributed by atoms with Crippen LogP contribution in [0.4, 0.5) is 4.79 Å². The van der Waals surface area contributed by atoms with Crippen molar-refractivity contribution in [3.05, 3.63) is 35.9 Å². The second-order valence-electron chi connectivity index (χ2n) is 8.56. The van der Waals surface area contributed by atoms with Crippen LogP contribution in [0.5, 0.6) is 0 Å². The molecule has 2 N–H and O–H groups in total. The molecule has 0 unspecified atom stereocenters. The van der Waals surface area contributed by atoms with E-state index in [0.717, 1.165) is 31.5 Å². The topological polar surface area (TPSA) is 71.0 Å². The molecular weight excluding hydrogens is 392 g/mol. The number of hydrogen-bond acceptors (Lipinski definition) is 5. The number of carbonyl (C=O) groups excluding carboxylic acids is 1. The Kier molecular flexibility index (Phi) is 13.3. The lowest BCUT2D eigenvalue weighted by Crippen LogP contribution is -2.52. The van der Waals surface area contributed by atoms with Gasteiger partial charge in [-0.1, -0.05) is 88.6 Å². The van der Waals surface area contributed by atoms with E-state index in [1.54, 1.807) is 0 Å². The first-order chi connectivity index (χ1) is 15.2. The van der Waals surface area contributed by atoms with E-state index in [1.807, 2.05) is 30.3 Å². The normalized spacial score (nSPS) is 16.6. The van der Waals surface area contributed by atoms with E-state index in [0.29, 0.717) is 26.2 Å². The molecule has 6 heteroatoms. The van der Waals surface area contributed by atoms with Crippen molar-refractivity contribution >= 4 is 6.09 Å². The number of nitrogens with zero attached hydrogens (tertiary/aromatic N) is 1. The van der Waals surface area contributed by atoms with Crippen LogP contribution < -0.4 is 5.32 Å². The molecule has 2 rings (SSSR count). The van der Waals surface area contributed by atoms with Gasteiger partial charge in [-0.25, -0.2) is 4.79 Å². The van der Waals surface area contributed by atoms with E-state index in [9.17, 15) is 9.90 Å². The van der Waals surface area contributed by atoms with Crippen LogP contribution >= 0.6 is 0 Å². The first kappa shape index (κ1) is 25.6. The molecule has 0 radical (unpaired) electrons. The van der Waals surface area contributed by atoms with Gasteiger partial charge in [0.2, 0.25) is 0 Å². The lowest BCUT2D eigenvalue weighted by atomic mass is 10.0. The number of aliphatic hydroxyl groups excluding tert-OH is 1. The van der Waals surface area contributed by atoms with Crippen molar-refractivity contribution in [3.63, 3.8) is 0 Å².